The van der Waals surface area contributed by atoms with Crippen molar-refractivity contribution >= 4 is 0 Å². The van der Waals surface area contributed by atoms with Crippen LogP contribution in [-0.4, -0.2) is 5.11 Å². The lowest BCUT2D eigenvalue weighted by molar-refractivity contribution is 0.440. The monoisotopic (exact) mass is 205 g/mol. The molecule has 2 nitrogen and oxygen atoms in total. The molecule has 1 aromatic rings. The summed E-state index contributed by atoms with van der Waals surface area (Å²) in [5.41, 5.74) is 7.82. The van der Waals surface area contributed by atoms with Crippen LogP contribution in [0.1, 0.15) is 49.1 Å². The highest BCUT2D eigenvalue weighted by Crippen LogP contribution is 2.34. The number of aromatic hydroxyl groups is 1. The van der Waals surface area contributed by atoms with Crippen LogP contribution in [-0.2, 0) is 6.54 Å². The van der Waals surface area contributed by atoms with Crippen LogP contribution in [0.5, 0.6) is 5.75 Å². The van der Waals surface area contributed by atoms with Gasteiger partial charge in [0.1, 0.15) is 5.75 Å². The third-order valence-electron chi connectivity index (χ3n) is 3.40. The molecule has 0 spiro atoms. The summed E-state index contributed by atoms with van der Waals surface area (Å²) in [6, 6.07) is 5.90. The molecular formula is C13H19NO. The lowest BCUT2D eigenvalue weighted by Gasteiger charge is -2.22. The van der Waals surface area contributed by atoms with Crippen LogP contribution in [0.2, 0.25) is 0 Å². The fourth-order valence-corrected chi connectivity index (χ4v) is 2.46. The van der Waals surface area contributed by atoms with Gasteiger partial charge in [0.05, 0.1) is 0 Å². The molecule has 1 saturated carbocycles. The fraction of sp³-hybridized carbons (Fsp3) is 0.538. The quantitative estimate of drug-likeness (QED) is 0.779. The van der Waals surface area contributed by atoms with Crippen molar-refractivity contribution in [1.29, 1.82) is 0 Å². The van der Waals surface area contributed by atoms with E-state index in [-0.39, 0.29) is 0 Å². The number of hydrogen-bond donors (Lipinski definition) is 2. The molecule has 1 aliphatic rings. The van der Waals surface area contributed by atoms with Gasteiger partial charge in [-0.3, -0.25) is 0 Å². The van der Waals surface area contributed by atoms with Gasteiger partial charge in [0.2, 0.25) is 0 Å². The third-order valence-corrected chi connectivity index (χ3v) is 3.40. The van der Waals surface area contributed by atoms with Gasteiger partial charge in [0.15, 0.2) is 0 Å². The zero-order valence-electron chi connectivity index (χ0n) is 9.08. The maximum absolute atomic E-state index is 9.55. The average Bonchev–Trinajstić information content (AvgIpc) is 2.31. The van der Waals surface area contributed by atoms with E-state index in [1.165, 1.54) is 37.7 Å². The van der Waals surface area contributed by atoms with E-state index in [4.69, 9.17) is 5.73 Å². The van der Waals surface area contributed by atoms with Crippen molar-refractivity contribution in [3.63, 3.8) is 0 Å². The molecule has 2 rings (SSSR count). The maximum atomic E-state index is 9.55. The van der Waals surface area contributed by atoms with Crippen LogP contribution < -0.4 is 5.73 Å². The zero-order valence-corrected chi connectivity index (χ0v) is 9.08. The second-order valence-corrected chi connectivity index (χ2v) is 4.43. The minimum absolute atomic E-state index is 0.331. The van der Waals surface area contributed by atoms with Gasteiger partial charge in [0.25, 0.3) is 0 Å². The zero-order chi connectivity index (χ0) is 10.7. The summed E-state index contributed by atoms with van der Waals surface area (Å²) in [4.78, 5) is 0. The molecular weight excluding hydrogens is 186 g/mol. The van der Waals surface area contributed by atoms with Gasteiger partial charge in [0, 0.05) is 12.1 Å². The Morgan fingerprint density at radius 1 is 1.20 bits per heavy atom. The lowest BCUT2D eigenvalue weighted by Crippen LogP contribution is -2.06. The van der Waals surface area contributed by atoms with Crippen LogP contribution in [0.3, 0.4) is 0 Å². The number of benzene rings is 1. The van der Waals surface area contributed by atoms with Crippen molar-refractivity contribution in [2.24, 2.45) is 5.73 Å². The highest BCUT2D eigenvalue weighted by Gasteiger charge is 2.16. The van der Waals surface area contributed by atoms with E-state index in [9.17, 15) is 5.11 Å². The first-order valence-electron chi connectivity index (χ1n) is 5.83. The minimum Gasteiger partial charge on any atom is -0.508 e. The molecule has 2 heteroatoms. The SMILES string of the molecule is NCc1cc(C2CCCCC2)ccc1O. The first kappa shape index (κ1) is 10.5. The average molecular weight is 205 g/mol. The van der Waals surface area contributed by atoms with Crippen molar-refractivity contribution in [2.75, 3.05) is 0 Å². The molecule has 1 aliphatic carbocycles. The fourth-order valence-electron chi connectivity index (χ4n) is 2.46. The molecule has 0 saturated heterocycles. The molecule has 0 atom stereocenters. The molecule has 3 N–H and O–H groups in total. The van der Waals surface area contributed by atoms with Gasteiger partial charge < -0.3 is 10.8 Å². The molecule has 0 aliphatic heterocycles. The molecule has 15 heavy (non-hydrogen) atoms. The molecule has 1 aromatic carbocycles. The number of nitrogens with two attached hydrogens (primary N) is 1. The lowest BCUT2D eigenvalue weighted by atomic mass is 9.83. The van der Waals surface area contributed by atoms with Crippen LogP contribution in [0.4, 0.5) is 0 Å². The highest BCUT2D eigenvalue weighted by molar-refractivity contribution is 5.37. The van der Waals surface area contributed by atoms with E-state index < -0.39 is 0 Å². The topological polar surface area (TPSA) is 46.2 Å². The molecule has 1 fully saturated rings. The van der Waals surface area contributed by atoms with E-state index in [0.29, 0.717) is 18.2 Å². The van der Waals surface area contributed by atoms with E-state index in [1.807, 2.05) is 6.07 Å². The normalized spacial score (nSPS) is 17.9. The van der Waals surface area contributed by atoms with Crippen molar-refractivity contribution in [3.05, 3.63) is 29.3 Å². The Balaban J connectivity index is 2.20. The van der Waals surface area contributed by atoms with Gasteiger partial charge in [-0.2, -0.15) is 0 Å². The highest BCUT2D eigenvalue weighted by atomic mass is 16.3. The van der Waals surface area contributed by atoms with Gasteiger partial charge in [-0.05, 0) is 30.4 Å². The van der Waals surface area contributed by atoms with Crippen LogP contribution in [0, 0.1) is 0 Å². The number of phenols is 1. The molecule has 0 aromatic heterocycles. The predicted molar refractivity (Wildman–Crippen MR) is 61.8 cm³/mol. The molecule has 0 heterocycles. The first-order chi connectivity index (χ1) is 7.31. The van der Waals surface area contributed by atoms with Gasteiger partial charge >= 0.3 is 0 Å². The number of hydrogen-bond acceptors (Lipinski definition) is 2. The Hall–Kier alpha value is -1.02. The first-order valence-corrected chi connectivity index (χ1v) is 5.83. The van der Waals surface area contributed by atoms with Crippen molar-refractivity contribution in [1.82, 2.24) is 0 Å². The number of rotatable bonds is 2. The maximum Gasteiger partial charge on any atom is 0.120 e. The summed E-state index contributed by atoms with van der Waals surface area (Å²) in [6.45, 7) is 0.423. The Bertz CT molecular complexity index is 329. The van der Waals surface area contributed by atoms with E-state index in [2.05, 4.69) is 6.07 Å². The third kappa shape index (κ3) is 2.32. The molecule has 0 bridgehead atoms. The predicted octanol–water partition coefficient (Wildman–Crippen LogP) is 2.90. The van der Waals surface area contributed by atoms with Gasteiger partial charge in [-0.15, -0.1) is 0 Å². The largest absolute Gasteiger partial charge is 0.508 e. The summed E-state index contributed by atoms with van der Waals surface area (Å²) in [5, 5.41) is 9.55. The summed E-state index contributed by atoms with van der Waals surface area (Å²) in [6.07, 6.45) is 6.62. The van der Waals surface area contributed by atoms with Crippen LogP contribution in [0.25, 0.3) is 0 Å². The smallest absolute Gasteiger partial charge is 0.120 e. The summed E-state index contributed by atoms with van der Waals surface area (Å²) < 4.78 is 0. The minimum atomic E-state index is 0.331. The second kappa shape index (κ2) is 4.67. The van der Waals surface area contributed by atoms with E-state index in [1.54, 1.807) is 6.07 Å². The summed E-state index contributed by atoms with van der Waals surface area (Å²) in [7, 11) is 0. The van der Waals surface area contributed by atoms with Crippen LogP contribution in [0.15, 0.2) is 18.2 Å². The molecule has 82 valence electrons. The van der Waals surface area contributed by atoms with Crippen LogP contribution >= 0.6 is 0 Å². The van der Waals surface area contributed by atoms with E-state index >= 15 is 0 Å². The van der Waals surface area contributed by atoms with Crippen molar-refractivity contribution < 1.29 is 5.11 Å². The Morgan fingerprint density at radius 3 is 2.60 bits per heavy atom. The Labute approximate surface area is 91.1 Å². The molecule has 0 unspecified atom stereocenters. The van der Waals surface area contributed by atoms with Gasteiger partial charge in [-0.1, -0.05) is 31.4 Å². The van der Waals surface area contributed by atoms with Crippen molar-refractivity contribution in [2.45, 2.75) is 44.6 Å². The second-order valence-electron chi connectivity index (χ2n) is 4.43. The standard InChI is InChI=1S/C13H19NO/c14-9-12-8-11(6-7-13(12)15)10-4-2-1-3-5-10/h6-8,10,15H,1-5,9,14H2. The number of phenolic OH excluding ortho intramolecular Hbond substituents is 1. The summed E-state index contributed by atoms with van der Waals surface area (Å²) >= 11 is 0. The summed E-state index contributed by atoms with van der Waals surface area (Å²) in [5.74, 6) is 1.02. The Kier molecular flexibility index (Phi) is 3.27. The Morgan fingerprint density at radius 2 is 1.93 bits per heavy atom. The van der Waals surface area contributed by atoms with E-state index in [0.717, 1.165) is 5.56 Å². The molecule has 0 amide bonds. The molecule has 0 radical (unpaired) electrons. The van der Waals surface area contributed by atoms with Crippen molar-refractivity contribution in [3.8, 4) is 5.75 Å². The van der Waals surface area contributed by atoms with Gasteiger partial charge in [-0.25, -0.2) is 0 Å².